The van der Waals surface area contributed by atoms with Crippen molar-refractivity contribution in [2.24, 2.45) is 0 Å². The Balaban J connectivity index is 2.68. The van der Waals surface area contributed by atoms with Crippen molar-refractivity contribution in [3.8, 4) is 0 Å². The Labute approximate surface area is 163 Å². The maximum atomic E-state index is 7.22. The van der Waals surface area contributed by atoms with Gasteiger partial charge in [-0.1, -0.05) is 80.9 Å². The van der Waals surface area contributed by atoms with Crippen molar-refractivity contribution in [3.63, 3.8) is 0 Å². The number of hydrogen-bond donors (Lipinski definition) is 0. The van der Waals surface area contributed by atoms with Gasteiger partial charge in [0.05, 0.1) is 0 Å². The molecule has 0 fully saturated rings. The maximum absolute atomic E-state index is 7.22. The molecule has 2 nitrogen and oxygen atoms in total. The predicted molar refractivity (Wildman–Crippen MR) is 121 cm³/mol. The van der Waals surface area contributed by atoms with E-state index >= 15 is 0 Å². The van der Waals surface area contributed by atoms with E-state index in [2.05, 4.69) is 107 Å². The van der Waals surface area contributed by atoms with Crippen molar-refractivity contribution in [1.29, 1.82) is 0 Å². The minimum absolute atomic E-state index is 0.576. The van der Waals surface area contributed by atoms with E-state index in [0.717, 1.165) is 6.42 Å². The SMILES string of the molecule is CCC(C)[Si](C)(C)O[Si](O[Si](C)(C)C)(c1ccccc1)c1ccccc1. The van der Waals surface area contributed by atoms with Crippen LogP contribution in [0.15, 0.2) is 60.7 Å². The smallest absolute Gasteiger partial charge is 0.386 e. The summed E-state index contributed by atoms with van der Waals surface area (Å²) >= 11 is 0. The first kappa shape index (κ1) is 21.3. The van der Waals surface area contributed by atoms with Gasteiger partial charge in [0.25, 0.3) is 0 Å². The first-order valence-corrected chi connectivity index (χ1v) is 17.8. The standard InChI is InChI=1S/C21H34O2Si3/c1-8-19(2)25(6,7)23-26(22-24(3,4)5,20-15-11-9-12-16-20)21-17-13-10-14-18-21/h9-19H,8H2,1-7H3. The molecule has 0 heterocycles. The van der Waals surface area contributed by atoms with Crippen molar-refractivity contribution in [2.75, 3.05) is 0 Å². The minimum atomic E-state index is -2.77. The molecule has 0 aliphatic heterocycles. The van der Waals surface area contributed by atoms with E-state index in [1.165, 1.54) is 10.4 Å². The van der Waals surface area contributed by atoms with Gasteiger partial charge < -0.3 is 8.23 Å². The molecule has 0 aromatic heterocycles. The predicted octanol–water partition coefficient (Wildman–Crippen LogP) is 5.12. The molecule has 2 rings (SSSR count). The molecular weight excluding hydrogens is 368 g/mol. The largest absolute Gasteiger partial charge is 0.430 e. The lowest BCUT2D eigenvalue weighted by Gasteiger charge is -2.44. The summed E-state index contributed by atoms with van der Waals surface area (Å²) in [5.41, 5.74) is 0.576. The summed E-state index contributed by atoms with van der Waals surface area (Å²) in [6, 6.07) is 21.3. The Morgan fingerprint density at radius 3 is 1.50 bits per heavy atom. The van der Waals surface area contributed by atoms with Crippen LogP contribution in [-0.2, 0) is 8.23 Å². The quantitative estimate of drug-likeness (QED) is 0.571. The van der Waals surface area contributed by atoms with Gasteiger partial charge in [-0.15, -0.1) is 0 Å². The highest BCUT2D eigenvalue weighted by Gasteiger charge is 2.50. The molecule has 0 aliphatic carbocycles. The highest BCUT2D eigenvalue weighted by molar-refractivity contribution is 7.02. The summed E-state index contributed by atoms with van der Waals surface area (Å²) in [4.78, 5) is 0. The Kier molecular flexibility index (Phi) is 6.85. The molecule has 0 aliphatic rings. The number of rotatable bonds is 8. The molecule has 1 atom stereocenters. The summed E-state index contributed by atoms with van der Waals surface area (Å²) < 4.78 is 14.2. The highest BCUT2D eigenvalue weighted by Crippen LogP contribution is 2.30. The van der Waals surface area contributed by atoms with Crippen molar-refractivity contribution in [2.45, 2.75) is 58.5 Å². The van der Waals surface area contributed by atoms with E-state index in [-0.39, 0.29) is 0 Å². The number of benzene rings is 2. The van der Waals surface area contributed by atoms with Crippen molar-refractivity contribution in [3.05, 3.63) is 60.7 Å². The van der Waals surface area contributed by atoms with Crippen LogP contribution >= 0.6 is 0 Å². The lowest BCUT2D eigenvalue weighted by Crippen LogP contribution is -2.70. The van der Waals surface area contributed by atoms with Gasteiger partial charge in [-0.05, 0) is 48.6 Å². The molecule has 0 saturated heterocycles. The van der Waals surface area contributed by atoms with Crippen LogP contribution in [0.2, 0.25) is 38.3 Å². The third-order valence-corrected chi connectivity index (χ3v) is 16.8. The van der Waals surface area contributed by atoms with Crippen LogP contribution in [0.1, 0.15) is 20.3 Å². The second-order valence-corrected chi connectivity index (χ2v) is 21.0. The molecule has 5 heteroatoms. The minimum Gasteiger partial charge on any atom is -0.430 e. The first-order chi connectivity index (χ1) is 12.1. The van der Waals surface area contributed by atoms with E-state index in [0.29, 0.717) is 5.54 Å². The van der Waals surface area contributed by atoms with Gasteiger partial charge in [0.2, 0.25) is 0 Å². The molecular formula is C21H34O2Si3. The zero-order valence-electron chi connectivity index (χ0n) is 17.4. The van der Waals surface area contributed by atoms with Crippen molar-refractivity contribution >= 4 is 35.6 Å². The third kappa shape index (κ3) is 5.04. The van der Waals surface area contributed by atoms with E-state index < -0.39 is 25.2 Å². The number of hydrogen-bond acceptors (Lipinski definition) is 2. The van der Waals surface area contributed by atoms with Crippen LogP contribution in [-0.4, -0.2) is 25.2 Å². The zero-order chi connectivity index (χ0) is 19.4. The van der Waals surface area contributed by atoms with Crippen LogP contribution < -0.4 is 10.4 Å². The molecule has 0 bridgehead atoms. The summed E-state index contributed by atoms with van der Waals surface area (Å²) in [6.07, 6.45) is 1.14. The van der Waals surface area contributed by atoms with Gasteiger partial charge in [0, 0.05) is 0 Å². The average Bonchev–Trinajstić information content (AvgIpc) is 2.60. The van der Waals surface area contributed by atoms with Crippen LogP contribution in [0.4, 0.5) is 0 Å². The van der Waals surface area contributed by atoms with Crippen LogP contribution in [0.25, 0.3) is 0 Å². The Morgan fingerprint density at radius 2 is 1.15 bits per heavy atom. The Bertz CT molecular complexity index is 642. The second kappa shape index (κ2) is 8.35. The maximum Gasteiger partial charge on any atom is 0.386 e. The zero-order valence-corrected chi connectivity index (χ0v) is 20.4. The fourth-order valence-electron chi connectivity index (χ4n) is 3.13. The molecule has 26 heavy (non-hydrogen) atoms. The summed E-state index contributed by atoms with van der Waals surface area (Å²) in [5, 5.41) is 2.44. The molecule has 0 spiro atoms. The molecule has 0 saturated carbocycles. The van der Waals surface area contributed by atoms with Gasteiger partial charge in [-0.3, -0.25) is 0 Å². The van der Waals surface area contributed by atoms with Gasteiger partial charge in [0.15, 0.2) is 16.6 Å². The molecule has 0 N–H and O–H groups in total. The molecule has 1 unspecified atom stereocenters. The van der Waals surface area contributed by atoms with Crippen LogP contribution in [0, 0.1) is 0 Å². The third-order valence-electron chi connectivity index (χ3n) is 4.96. The fraction of sp³-hybridized carbons (Fsp3) is 0.429. The molecule has 2 aromatic carbocycles. The Morgan fingerprint density at radius 1 is 0.731 bits per heavy atom. The first-order valence-electron chi connectivity index (χ1n) is 9.62. The lowest BCUT2D eigenvalue weighted by atomic mass is 10.4. The van der Waals surface area contributed by atoms with Gasteiger partial charge in [-0.25, -0.2) is 0 Å². The van der Waals surface area contributed by atoms with Crippen LogP contribution in [0.5, 0.6) is 0 Å². The summed E-state index contributed by atoms with van der Waals surface area (Å²) in [7, 11) is -6.57. The lowest BCUT2D eigenvalue weighted by molar-refractivity contribution is 0.402. The second-order valence-electron chi connectivity index (χ2n) is 8.58. The van der Waals surface area contributed by atoms with Crippen molar-refractivity contribution in [1.82, 2.24) is 0 Å². The van der Waals surface area contributed by atoms with E-state index in [9.17, 15) is 0 Å². The van der Waals surface area contributed by atoms with Gasteiger partial charge in [0.1, 0.15) is 0 Å². The van der Waals surface area contributed by atoms with E-state index in [4.69, 9.17) is 8.23 Å². The summed E-state index contributed by atoms with van der Waals surface area (Å²) in [6.45, 7) is 16.1. The highest BCUT2D eigenvalue weighted by atomic mass is 28.5. The molecule has 142 valence electrons. The van der Waals surface area contributed by atoms with Gasteiger partial charge >= 0.3 is 8.56 Å². The Hall–Kier alpha value is -0.989. The summed E-state index contributed by atoms with van der Waals surface area (Å²) in [5.74, 6) is 0. The van der Waals surface area contributed by atoms with E-state index in [1.54, 1.807) is 0 Å². The molecule has 2 aromatic rings. The van der Waals surface area contributed by atoms with Crippen molar-refractivity contribution < 1.29 is 8.23 Å². The van der Waals surface area contributed by atoms with Gasteiger partial charge in [-0.2, -0.15) is 0 Å². The normalized spacial score (nSPS) is 14.3. The topological polar surface area (TPSA) is 18.5 Å². The fourth-order valence-corrected chi connectivity index (χ4v) is 15.4. The monoisotopic (exact) mass is 402 g/mol. The average molecular weight is 403 g/mol. The molecule has 0 radical (unpaired) electrons. The molecule has 0 amide bonds. The van der Waals surface area contributed by atoms with E-state index in [1.807, 2.05) is 0 Å². The van der Waals surface area contributed by atoms with Crippen LogP contribution in [0.3, 0.4) is 0 Å².